The summed E-state index contributed by atoms with van der Waals surface area (Å²) in [6.07, 6.45) is 0.437. The van der Waals surface area contributed by atoms with Gasteiger partial charge in [-0.05, 0) is 36.8 Å². The number of urea groups is 1. The van der Waals surface area contributed by atoms with Crippen LogP contribution in [0.2, 0.25) is 0 Å². The quantitative estimate of drug-likeness (QED) is 0.790. The van der Waals surface area contributed by atoms with E-state index in [2.05, 4.69) is 10.6 Å². The van der Waals surface area contributed by atoms with Gasteiger partial charge in [0.15, 0.2) is 0 Å². The van der Waals surface area contributed by atoms with Gasteiger partial charge in [0.25, 0.3) is 0 Å². The predicted molar refractivity (Wildman–Crippen MR) is 105 cm³/mol. The van der Waals surface area contributed by atoms with Crippen LogP contribution < -0.4 is 20.3 Å². The van der Waals surface area contributed by atoms with Crippen molar-refractivity contribution in [2.75, 3.05) is 24.6 Å². The Morgan fingerprint density at radius 1 is 1.11 bits per heavy atom. The summed E-state index contributed by atoms with van der Waals surface area (Å²) in [4.78, 5) is 26.1. The van der Waals surface area contributed by atoms with Gasteiger partial charge < -0.3 is 20.3 Å². The molecule has 1 saturated heterocycles. The summed E-state index contributed by atoms with van der Waals surface area (Å²) < 4.78 is 5.43. The number of amides is 3. The molecule has 142 valence electrons. The minimum absolute atomic E-state index is 0.0793. The Morgan fingerprint density at radius 3 is 2.56 bits per heavy atom. The van der Waals surface area contributed by atoms with Crippen molar-refractivity contribution in [3.05, 3.63) is 60.2 Å². The molecule has 1 aliphatic heterocycles. The Bertz CT molecular complexity index is 762. The van der Waals surface area contributed by atoms with Crippen LogP contribution in [0.1, 0.15) is 18.9 Å². The molecule has 2 N–H and O–H groups in total. The van der Waals surface area contributed by atoms with Crippen LogP contribution >= 0.6 is 0 Å². The minimum Gasteiger partial charge on any atom is -0.494 e. The van der Waals surface area contributed by atoms with Gasteiger partial charge in [-0.3, -0.25) is 4.79 Å². The number of ether oxygens (including phenoxy) is 1. The molecule has 6 heteroatoms. The van der Waals surface area contributed by atoms with Gasteiger partial charge >= 0.3 is 6.03 Å². The number of benzene rings is 2. The summed E-state index contributed by atoms with van der Waals surface area (Å²) in [6, 6.07) is 17.1. The summed E-state index contributed by atoms with van der Waals surface area (Å²) in [5, 5.41) is 5.70. The van der Waals surface area contributed by atoms with Crippen molar-refractivity contribution in [2.45, 2.75) is 19.9 Å². The van der Waals surface area contributed by atoms with Gasteiger partial charge in [-0.25, -0.2) is 4.79 Å². The zero-order chi connectivity index (χ0) is 19.1. The third-order valence-corrected chi connectivity index (χ3v) is 4.51. The summed E-state index contributed by atoms with van der Waals surface area (Å²) in [5.74, 6) is 0.975. The molecule has 3 rings (SSSR count). The molecular weight excluding hydrogens is 342 g/mol. The first-order chi connectivity index (χ1) is 13.2. The van der Waals surface area contributed by atoms with E-state index in [1.54, 1.807) is 4.90 Å². The van der Waals surface area contributed by atoms with E-state index < -0.39 is 0 Å². The first-order valence-corrected chi connectivity index (χ1v) is 9.24. The van der Waals surface area contributed by atoms with Gasteiger partial charge in [0.05, 0.1) is 6.61 Å². The predicted octanol–water partition coefficient (Wildman–Crippen LogP) is 2.94. The Balaban J connectivity index is 1.45. The molecule has 1 atom stereocenters. The van der Waals surface area contributed by atoms with E-state index in [0.717, 1.165) is 17.0 Å². The number of hydrogen-bond donors (Lipinski definition) is 2. The zero-order valence-corrected chi connectivity index (χ0v) is 15.5. The molecule has 2 aromatic carbocycles. The molecule has 0 spiro atoms. The number of carbonyl (C=O) groups excluding carboxylic acids is 2. The fourth-order valence-electron chi connectivity index (χ4n) is 3.13. The molecule has 1 aliphatic rings. The molecule has 0 aromatic heterocycles. The molecule has 0 bridgehead atoms. The Morgan fingerprint density at radius 2 is 1.85 bits per heavy atom. The molecule has 1 fully saturated rings. The lowest BCUT2D eigenvalue weighted by Crippen LogP contribution is -2.38. The van der Waals surface area contributed by atoms with Gasteiger partial charge in [0.1, 0.15) is 5.75 Å². The Labute approximate surface area is 159 Å². The largest absolute Gasteiger partial charge is 0.494 e. The fourth-order valence-corrected chi connectivity index (χ4v) is 3.13. The highest BCUT2D eigenvalue weighted by Crippen LogP contribution is 2.26. The summed E-state index contributed by atoms with van der Waals surface area (Å²) in [5.41, 5.74) is 1.91. The molecule has 0 aliphatic carbocycles. The van der Waals surface area contributed by atoms with Crippen molar-refractivity contribution in [1.82, 2.24) is 10.6 Å². The highest BCUT2D eigenvalue weighted by Gasteiger charge is 2.30. The number of rotatable bonds is 7. The lowest BCUT2D eigenvalue weighted by atomic mass is 10.1. The van der Waals surface area contributed by atoms with Gasteiger partial charge in [-0.15, -0.1) is 0 Å². The van der Waals surface area contributed by atoms with Gasteiger partial charge in [-0.2, -0.15) is 0 Å². The maximum Gasteiger partial charge on any atom is 0.315 e. The second-order valence-corrected chi connectivity index (χ2v) is 6.55. The van der Waals surface area contributed by atoms with Crippen LogP contribution in [0.15, 0.2) is 54.6 Å². The number of hydrogen-bond acceptors (Lipinski definition) is 3. The topological polar surface area (TPSA) is 70.7 Å². The van der Waals surface area contributed by atoms with E-state index >= 15 is 0 Å². The number of carbonyl (C=O) groups is 2. The maximum atomic E-state index is 12.3. The third-order valence-electron chi connectivity index (χ3n) is 4.51. The van der Waals surface area contributed by atoms with Crippen molar-refractivity contribution < 1.29 is 14.3 Å². The van der Waals surface area contributed by atoms with Gasteiger partial charge in [-0.1, -0.05) is 30.3 Å². The standard InChI is InChI=1S/C21H25N3O3/c1-2-27-19-10-8-18(9-11-19)24-15-17(12-20(24)25)14-23-21(26)22-13-16-6-4-3-5-7-16/h3-11,17H,2,12-15H2,1H3,(H2,22,23,26)/t17-/m0/s1. The lowest BCUT2D eigenvalue weighted by molar-refractivity contribution is -0.117. The second-order valence-electron chi connectivity index (χ2n) is 6.55. The molecular formula is C21H25N3O3. The molecule has 27 heavy (non-hydrogen) atoms. The van der Waals surface area contributed by atoms with Crippen LogP contribution in [0.3, 0.4) is 0 Å². The minimum atomic E-state index is -0.217. The maximum absolute atomic E-state index is 12.3. The summed E-state index contributed by atoms with van der Waals surface area (Å²) >= 11 is 0. The van der Waals surface area contributed by atoms with Gasteiger partial charge in [0.2, 0.25) is 5.91 Å². The summed E-state index contributed by atoms with van der Waals surface area (Å²) in [6.45, 7) is 4.10. The van der Waals surface area contributed by atoms with Gasteiger partial charge in [0, 0.05) is 37.7 Å². The number of nitrogens with one attached hydrogen (secondary N) is 2. The number of anilines is 1. The zero-order valence-electron chi connectivity index (χ0n) is 15.5. The molecule has 0 unspecified atom stereocenters. The molecule has 2 aromatic rings. The number of nitrogens with zero attached hydrogens (tertiary/aromatic N) is 1. The van der Waals surface area contributed by atoms with Crippen LogP contribution in [0.4, 0.5) is 10.5 Å². The SMILES string of the molecule is CCOc1ccc(N2C[C@H](CNC(=O)NCc3ccccc3)CC2=O)cc1. The molecule has 6 nitrogen and oxygen atoms in total. The Hall–Kier alpha value is -3.02. The van der Waals surface area contributed by atoms with Crippen LogP contribution in [0, 0.1) is 5.92 Å². The van der Waals surface area contributed by atoms with Crippen molar-refractivity contribution in [3.63, 3.8) is 0 Å². The third kappa shape index (κ3) is 5.23. The second kappa shape index (κ2) is 9.07. The lowest BCUT2D eigenvalue weighted by Gasteiger charge is -2.17. The van der Waals surface area contributed by atoms with Crippen molar-refractivity contribution in [3.8, 4) is 5.75 Å². The van der Waals surface area contributed by atoms with E-state index in [9.17, 15) is 9.59 Å². The highest BCUT2D eigenvalue weighted by atomic mass is 16.5. The first kappa shape index (κ1) is 18.8. The molecule has 3 amide bonds. The monoisotopic (exact) mass is 367 g/mol. The average Bonchev–Trinajstić information content (AvgIpc) is 3.07. The van der Waals surface area contributed by atoms with Crippen molar-refractivity contribution in [2.24, 2.45) is 5.92 Å². The van der Waals surface area contributed by atoms with Crippen LogP contribution in [-0.2, 0) is 11.3 Å². The van der Waals surface area contributed by atoms with E-state index in [-0.39, 0.29) is 17.9 Å². The smallest absolute Gasteiger partial charge is 0.315 e. The summed E-state index contributed by atoms with van der Waals surface area (Å²) in [7, 11) is 0. The highest BCUT2D eigenvalue weighted by molar-refractivity contribution is 5.95. The average molecular weight is 367 g/mol. The fraction of sp³-hybridized carbons (Fsp3) is 0.333. The van der Waals surface area contributed by atoms with E-state index in [4.69, 9.17) is 4.74 Å². The molecule has 0 radical (unpaired) electrons. The van der Waals surface area contributed by atoms with E-state index in [0.29, 0.717) is 32.7 Å². The van der Waals surface area contributed by atoms with Crippen LogP contribution in [-0.4, -0.2) is 31.6 Å². The van der Waals surface area contributed by atoms with Crippen LogP contribution in [0.5, 0.6) is 5.75 Å². The van der Waals surface area contributed by atoms with E-state index in [1.807, 2.05) is 61.5 Å². The van der Waals surface area contributed by atoms with Crippen molar-refractivity contribution >= 4 is 17.6 Å². The normalized spacial score (nSPS) is 16.3. The Kier molecular flexibility index (Phi) is 6.30. The van der Waals surface area contributed by atoms with Crippen LogP contribution in [0.25, 0.3) is 0 Å². The van der Waals surface area contributed by atoms with Crippen molar-refractivity contribution in [1.29, 1.82) is 0 Å². The van der Waals surface area contributed by atoms with E-state index in [1.165, 1.54) is 0 Å². The first-order valence-electron chi connectivity index (χ1n) is 9.24. The molecule has 0 saturated carbocycles. The molecule has 1 heterocycles.